The first kappa shape index (κ1) is 15.6. The number of para-hydroxylation sites is 1. The Labute approximate surface area is 126 Å². The first-order chi connectivity index (χ1) is 9.84. The monoisotopic (exact) mass is 312 g/mol. The van der Waals surface area contributed by atoms with E-state index in [1.165, 1.54) is 34.9 Å². The molecule has 0 radical (unpaired) electrons. The number of thioether (sulfide) groups is 1. The van der Waals surface area contributed by atoms with Crippen molar-refractivity contribution in [2.24, 2.45) is 5.92 Å². The van der Waals surface area contributed by atoms with Gasteiger partial charge in [0.05, 0.1) is 16.6 Å². The second kappa shape index (κ2) is 5.93. The molecule has 0 bridgehead atoms. The Kier molecular flexibility index (Phi) is 4.41. The summed E-state index contributed by atoms with van der Waals surface area (Å²) in [5, 5.41) is 9.03. The highest BCUT2D eigenvalue weighted by molar-refractivity contribution is 8.00. The van der Waals surface area contributed by atoms with Crippen LogP contribution in [-0.2, 0) is 4.79 Å². The minimum Gasteiger partial charge on any atom is -0.480 e. The maximum atomic E-state index is 13.5. The van der Waals surface area contributed by atoms with Crippen LogP contribution < -0.4 is 5.73 Å². The Morgan fingerprint density at radius 1 is 1.48 bits per heavy atom. The SMILES string of the molecule is CC(C)C1SCC(C(=O)O)N1C(=O)c1cccc(F)c1N. The van der Waals surface area contributed by atoms with Crippen molar-refractivity contribution in [1.29, 1.82) is 0 Å². The standard InChI is InChI=1S/C14H17FN2O3S/c1-7(2)13-17(10(6-21-13)14(19)20)12(18)8-4-3-5-9(15)11(8)16/h3-5,7,10,13H,6,16H2,1-2H3,(H,19,20). The van der Waals surface area contributed by atoms with Crippen LogP contribution in [0.1, 0.15) is 24.2 Å². The number of nitrogen functional groups attached to an aromatic ring is 1. The molecule has 21 heavy (non-hydrogen) atoms. The van der Waals surface area contributed by atoms with Crippen molar-refractivity contribution in [1.82, 2.24) is 4.90 Å². The summed E-state index contributed by atoms with van der Waals surface area (Å²) in [7, 11) is 0. The van der Waals surface area contributed by atoms with Crippen molar-refractivity contribution in [2.45, 2.75) is 25.3 Å². The number of carboxylic acids is 1. The number of carbonyl (C=O) groups excluding carboxylic acids is 1. The summed E-state index contributed by atoms with van der Waals surface area (Å²) in [4.78, 5) is 25.3. The number of benzene rings is 1. The summed E-state index contributed by atoms with van der Waals surface area (Å²) in [6.07, 6.45) is 0. The van der Waals surface area contributed by atoms with E-state index in [9.17, 15) is 19.1 Å². The lowest BCUT2D eigenvalue weighted by molar-refractivity contribution is -0.141. The number of carboxylic acid groups (broad SMARTS) is 1. The van der Waals surface area contributed by atoms with E-state index in [0.717, 1.165) is 0 Å². The van der Waals surface area contributed by atoms with E-state index in [-0.39, 0.29) is 22.5 Å². The number of rotatable bonds is 3. The van der Waals surface area contributed by atoms with E-state index in [4.69, 9.17) is 5.73 Å². The highest BCUT2D eigenvalue weighted by atomic mass is 32.2. The van der Waals surface area contributed by atoms with Crippen molar-refractivity contribution in [3.8, 4) is 0 Å². The zero-order chi connectivity index (χ0) is 15.7. The van der Waals surface area contributed by atoms with E-state index in [2.05, 4.69) is 0 Å². The number of anilines is 1. The van der Waals surface area contributed by atoms with Gasteiger partial charge in [0.1, 0.15) is 11.9 Å². The number of hydrogen-bond donors (Lipinski definition) is 2. The molecule has 1 heterocycles. The van der Waals surface area contributed by atoms with Gasteiger partial charge in [0.15, 0.2) is 0 Å². The van der Waals surface area contributed by atoms with Crippen molar-refractivity contribution in [2.75, 3.05) is 11.5 Å². The molecule has 3 N–H and O–H groups in total. The quantitative estimate of drug-likeness (QED) is 0.834. The van der Waals surface area contributed by atoms with Gasteiger partial charge in [-0.05, 0) is 18.1 Å². The number of halogens is 1. The fourth-order valence-corrected chi connectivity index (χ4v) is 3.82. The van der Waals surface area contributed by atoms with Crippen molar-refractivity contribution < 1.29 is 19.1 Å². The van der Waals surface area contributed by atoms with Gasteiger partial charge in [0.2, 0.25) is 0 Å². The van der Waals surface area contributed by atoms with Gasteiger partial charge < -0.3 is 15.7 Å². The largest absolute Gasteiger partial charge is 0.480 e. The van der Waals surface area contributed by atoms with Crippen molar-refractivity contribution >= 4 is 29.3 Å². The van der Waals surface area contributed by atoms with E-state index in [1.807, 2.05) is 13.8 Å². The zero-order valence-electron chi connectivity index (χ0n) is 11.7. The highest BCUT2D eigenvalue weighted by Crippen LogP contribution is 2.36. The Morgan fingerprint density at radius 2 is 2.14 bits per heavy atom. The minimum atomic E-state index is -1.06. The third-order valence-corrected chi connectivity index (χ3v) is 5.03. The maximum Gasteiger partial charge on any atom is 0.327 e. The number of amides is 1. The number of nitrogens with two attached hydrogens (primary N) is 1. The fraction of sp³-hybridized carbons (Fsp3) is 0.429. The molecule has 2 unspecified atom stereocenters. The van der Waals surface area contributed by atoms with Crippen LogP contribution in [0.25, 0.3) is 0 Å². The molecule has 7 heteroatoms. The number of carbonyl (C=O) groups is 2. The summed E-state index contributed by atoms with van der Waals surface area (Å²) in [6.45, 7) is 3.83. The Balaban J connectivity index is 2.42. The van der Waals surface area contributed by atoms with Crippen molar-refractivity contribution in [3.63, 3.8) is 0 Å². The molecule has 1 fully saturated rings. The molecule has 2 rings (SSSR count). The molecule has 1 aliphatic rings. The zero-order valence-corrected chi connectivity index (χ0v) is 12.6. The molecule has 2 atom stereocenters. The predicted octanol–water partition coefficient (Wildman–Crippen LogP) is 2.03. The van der Waals surface area contributed by atoms with Crippen LogP contribution in [-0.4, -0.2) is 39.1 Å². The molecule has 0 aliphatic carbocycles. The molecule has 0 aromatic heterocycles. The van der Waals surface area contributed by atoms with E-state index in [0.29, 0.717) is 5.75 Å². The lowest BCUT2D eigenvalue weighted by Crippen LogP contribution is -2.47. The van der Waals surface area contributed by atoms with Crippen LogP contribution >= 0.6 is 11.8 Å². The third kappa shape index (κ3) is 2.83. The van der Waals surface area contributed by atoms with Gasteiger partial charge in [-0.15, -0.1) is 11.8 Å². The smallest absolute Gasteiger partial charge is 0.327 e. The topological polar surface area (TPSA) is 83.6 Å². The summed E-state index contributed by atoms with van der Waals surface area (Å²) in [6, 6.07) is 3.06. The second-order valence-electron chi connectivity index (χ2n) is 5.24. The van der Waals surface area contributed by atoms with Gasteiger partial charge in [-0.2, -0.15) is 0 Å². The van der Waals surface area contributed by atoms with Crippen LogP contribution in [0.2, 0.25) is 0 Å². The molecule has 1 amide bonds. The molecular weight excluding hydrogens is 295 g/mol. The van der Waals surface area contributed by atoms with Crippen LogP contribution in [0.4, 0.5) is 10.1 Å². The molecule has 1 saturated heterocycles. The van der Waals surface area contributed by atoms with Crippen LogP contribution in [0.5, 0.6) is 0 Å². The number of nitrogens with zero attached hydrogens (tertiary/aromatic N) is 1. The first-order valence-corrected chi connectivity index (χ1v) is 7.60. The maximum absolute atomic E-state index is 13.5. The van der Waals surface area contributed by atoms with E-state index >= 15 is 0 Å². The molecular formula is C14H17FN2O3S. The number of hydrogen-bond acceptors (Lipinski definition) is 4. The van der Waals surface area contributed by atoms with Crippen LogP contribution in [0, 0.1) is 11.7 Å². The molecule has 0 spiro atoms. The molecule has 5 nitrogen and oxygen atoms in total. The molecule has 114 valence electrons. The number of aliphatic carboxylic acids is 1. The first-order valence-electron chi connectivity index (χ1n) is 6.55. The molecule has 1 aromatic carbocycles. The third-order valence-electron chi connectivity index (χ3n) is 3.41. The van der Waals surface area contributed by atoms with E-state index < -0.39 is 23.7 Å². The predicted molar refractivity (Wildman–Crippen MR) is 79.5 cm³/mol. The highest BCUT2D eigenvalue weighted by Gasteiger charge is 2.43. The van der Waals surface area contributed by atoms with Crippen LogP contribution in [0.15, 0.2) is 18.2 Å². The lowest BCUT2D eigenvalue weighted by atomic mass is 10.1. The Hall–Kier alpha value is -1.76. The van der Waals surface area contributed by atoms with Gasteiger partial charge >= 0.3 is 5.97 Å². The fourth-order valence-electron chi connectivity index (χ4n) is 2.35. The van der Waals surface area contributed by atoms with Gasteiger partial charge in [0.25, 0.3) is 5.91 Å². The van der Waals surface area contributed by atoms with Crippen molar-refractivity contribution in [3.05, 3.63) is 29.6 Å². The van der Waals surface area contributed by atoms with Gasteiger partial charge in [0, 0.05) is 5.75 Å². The molecule has 1 aromatic rings. The van der Waals surface area contributed by atoms with Gasteiger partial charge in [-0.3, -0.25) is 4.79 Å². The Bertz CT molecular complexity index is 579. The summed E-state index contributed by atoms with van der Waals surface area (Å²) < 4.78 is 13.5. The molecule has 1 aliphatic heterocycles. The average Bonchev–Trinajstić information content (AvgIpc) is 2.86. The Morgan fingerprint density at radius 3 is 2.71 bits per heavy atom. The van der Waals surface area contributed by atoms with Crippen LogP contribution in [0.3, 0.4) is 0 Å². The second-order valence-corrected chi connectivity index (χ2v) is 6.39. The van der Waals surface area contributed by atoms with Gasteiger partial charge in [-0.25, -0.2) is 9.18 Å². The molecule has 0 saturated carbocycles. The van der Waals surface area contributed by atoms with Gasteiger partial charge in [-0.1, -0.05) is 19.9 Å². The minimum absolute atomic E-state index is 0.00870. The summed E-state index contributed by atoms with van der Waals surface area (Å²) >= 11 is 1.42. The summed E-state index contributed by atoms with van der Waals surface area (Å²) in [5.74, 6) is -1.88. The average molecular weight is 312 g/mol. The lowest BCUT2D eigenvalue weighted by Gasteiger charge is -2.30. The normalized spacial score (nSPS) is 21.8. The van der Waals surface area contributed by atoms with E-state index in [1.54, 1.807) is 0 Å². The summed E-state index contributed by atoms with van der Waals surface area (Å²) in [5.41, 5.74) is 5.38.